The number of carbonyl (C=O) groups is 3. The molecule has 2 heterocycles. The molecule has 40 heavy (non-hydrogen) atoms. The summed E-state index contributed by atoms with van der Waals surface area (Å²) in [5.41, 5.74) is -0.0313. The summed E-state index contributed by atoms with van der Waals surface area (Å²) in [5.74, 6) is -3.94. The highest BCUT2D eigenvalue weighted by Gasteiger charge is 2.32. The van der Waals surface area contributed by atoms with E-state index in [1.54, 1.807) is 0 Å². The minimum absolute atomic E-state index is 0.00541. The number of hydrogen-bond acceptors (Lipinski definition) is 8. The van der Waals surface area contributed by atoms with E-state index in [1.807, 2.05) is 0 Å². The summed E-state index contributed by atoms with van der Waals surface area (Å²) in [6.45, 7) is 1.47. The van der Waals surface area contributed by atoms with E-state index >= 15 is 0 Å². The van der Waals surface area contributed by atoms with Gasteiger partial charge in [0.05, 0.1) is 18.3 Å². The molecule has 0 bridgehead atoms. The van der Waals surface area contributed by atoms with E-state index in [2.05, 4.69) is 20.6 Å². The van der Waals surface area contributed by atoms with Crippen molar-refractivity contribution in [2.24, 2.45) is 0 Å². The number of aliphatic hydroxyl groups excluding tert-OH is 1. The second-order valence-corrected chi connectivity index (χ2v) is 10.8. The van der Waals surface area contributed by atoms with E-state index in [9.17, 15) is 41.4 Å². The largest absolute Gasteiger partial charge is 0.393 e. The van der Waals surface area contributed by atoms with Gasteiger partial charge in [-0.15, -0.1) is 22.7 Å². The molecule has 216 valence electrons. The Bertz CT molecular complexity index is 1310. The van der Waals surface area contributed by atoms with Crippen LogP contribution in [0, 0.1) is 11.6 Å². The zero-order valence-corrected chi connectivity index (χ0v) is 22.6. The van der Waals surface area contributed by atoms with Crippen LogP contribution in [0.1, 0.15) is 58.5 Å². The minimum atomic E-state index is -4.45. The average Bonchev–Trinajstić information content (AvgIpc) is 3.57. The number of aromatic nitrogens is 2. The van der Waals surface area contributed by atoms with E-state index in [0.717, 1.165) is 34.9 Å². The third kappa shape index (κ3) is 9.13. The summed E-state index contributed by atoms with van der Waals surface area (Å²) < 4.78 is 65.5. The third-order valence-corrected chi connectivity index (χ3v) is 7.43. The number of alkyl halides is 3. The molecule has 0 aliphatic rings. The van der Waals surface area contributed by atoms with Gasteiger partial charge in [0.25, 0.3) is 5.91 Å². The molecule has 3 rings (SSSR count). The summed E-state index contributed by atoms with van der Waals surface area (Å²) in [5, 5.41) is 16.2. The smallest absolute Gasteiger partial charge is 0.389 e. The molecular formula is C25H25F5N4O4S2. The highest BCUT2D eigenvalue weighted by Crippen LogP contribution is 2.28. The van der Waals surface area contributed by atoms with Gasteiger partial charge in [0.15, 0.2) is 5.01 Å². The van der Waals surface area contributed by atoms with Crippen LogP contribution in [0.2, 0.25) is 0 Å². The second-order valence-electron chi connectivity index (χ2n) is 8.88. The first-order chi connectivity index (χ1) is 18.8. The standard InChI is InChI=1S/C25H25F5N4O4S2/c1-13(35)4-7-18(34-22(38)19-12-32-23(40-19)15-6-5-14(26)11-16(15)27)21(37)33-17(3-2-8-25(28,29)30)20(36)24-31-9-10-39-24/h5-6,9-13,17-18,35H,2-4,7-8H2,1H3,(H,33,37)(H,34,38)/t13?,17-,18-/m0/s1. The summed E-state index contributed by atoms with van der Waals surface area (Å²) in [4.78, 5) is 46.8. The van der Waals surface area contributed by atoms with Crippen molar-refractivity contribution in [2.45, 2.75) is 63.4 Å². The molecule has 15 heteroatoms. The first kappa shape index (κ1) is 31.2. The minimum Gasteiger partial charge on any atom is -0.393 e. The Morgan fingerprint density at radius 3 is 2.42 bits per heavy atom. The number of amides is 2. The fourth-order valence-corrected chi connectivity index (χ4v) is 5.09. The highest BCUT2D eigenvalue weighted by atomic mass is 32.1. The van der Waals surface area contributed by atoms with Gasteiger partial charge < -0.3 is 15.7 Å². The van der Waals surface area contributed by atoms with Crippen molar-refractivity contribution in [1.82, 2.24) is 20.6 Å². The van der Waals surface area contributed by atoms with Crippen LogP contribution < -0.4 is 10.6 Å². The quantitative estimate of drug-likeness (QED) is 0.189. The van der Waals surface area contributed by atoms with Gasteiger partial charge in [-0.05, 0) is 44.7 Å². The highest BCUT2D eigenvalue weighted by molar-refractivity contribution is 7.16. The van der Waals surface area contributed by atoms with Crippen molar-refractivity contribution in [3.63, 3.8) is 0 Å². The monoisotopic (exact) mass is 604 g/mol. The van der Waals surface area contributed by atoms with Crippen molar-refractivity contribution < 1.29 is 41.4 Å². The van der Waals surface area contributed by atoms with E-state index < -0.39 is 66.4 Å². The SMILES string of the molecule is CC(O)CC[C@H](NC(=O)c1cnc(-c2ccc(F)cc2F)s1)C(=O)N[C@@H](CCCC(F)(F)F)C(=O)c1nccs1. The van der Waals surface area contributed by atoms with E-state index in [1.165, 1.54) is 24.6 Å². The summed E-state index contributed by atoms with van der Waals surface area (Å²) in [6.07, 6.45) is -4.69. The van der Waals surface area contributed by atoms with Crippen LogP contribution in [0.5, 0.6) is 0 Å². The number of hydrogen-bond donors (Lipinski definition) is 3. The van der Waals surface area contributed by atoms with Crippen LogP contribution in [0.4, 0.5) is 22.0 Å². The van der Waals surface area contributed by atoms with Gasteiger partial charge in [0.1, 0.15) is 27.6 Å². The fourth-order valence-electron chi connectivity index (χ4n) is 3.61. The zero-order valence-electron chi connectivity index (χ0n) is 21.0. The molecule has 0 saturated heterocycles. The second kappa shape index (κ2) is 13.9. The number of benzene rings is 1. The molecule has 3 N–H and O–H groups in total. The normalized spacial score (nSPS) is 13.9. The molecule has 0 spiro atoms. The van der Waals surface area contributed by atoms with Gasteiger partial charge in [-0.25, -0.2) is 18.7 Å². The Kier molecular flexibility index (Phi) is 10.8. The summed E-state index contributed by atoms with van der Waals surface area (Å²) in [7, 11) is 0. The predicted molar refractivity (Wildman–Crippen MR) is 138 cm³/mol. The average molecular weight is 605 g/mol. The fraction of sp³-hybridized carbons (Fsp3) is 0.400. The Labute approximate surface area is 233 Å². The molecule has 1 unspecified atom stereocenters. The Morgan fingerprint density at radius 2 is 1.80 bits per heavy atom. The van der Waals surface area contributed by atoms with Gasteiger partial charge in [-0.1, -0.05) is 0 Å². The maximum Gasteiger partial charge on any atom is 0.389 e. The van der Waals surface area contributed by atoms with Crippen LogP contribution in [0.3, 0.4) is 0 Å². The van der Waals surface area contributed by atoms with Crippen LogP contribution >= 0.6 is 22.7 Å². The molecule has 2 amide bonds. The van der Waals surface area contributed by atoms with E-state index in [0.29, 0.717) is 6.07 Å². The van der Waals surface area contributed by atoms with Crippen molar-refractivity contribution in [3.05, 3.63) is 57.5 Å². The van der Waals surface area contributed by atoms with Crippen LogP contribution in [0.25, 0.3) is 10.6 Å². The van der Waals surface area contributed by atoms with Crippen molar-refractivity contribution in [3.8, 4) is 10.6 Å². The van der Waals surface area contributed by atoms with Crippen LogP contribution in [0.15, 0.2) is 36.0 Å². The first-order valence-corrected chi connectivity index (χ1v) is 13.7. The van der Waals surface area contributed by atoms with Gasteiger partial charge in [0, 0.05) is 29.6 Å². The molecule has 2 aromatic heterocycles. The predicted octanol–water partition coefficient (Wildman–Crippen LogP) is 4.90. The number of aliphatic hydroxyl groups is 1. The number of nitrogens with zero attached hydrogens (tertiary/aromatic N) is 2. The maximum absolute atomic E-state index is 14.1. The zero-order chi connectivity index (χ0) is 29.4. The number of thiazole rings is 2. The van der Waals surface area contributed by atoms with E-state index in [4.69, 9.17) is 0 Å². The first-order valence-electron chi connectivity index (χ1n) is 12.0. The molecule has 0 aliphatic carbocycles. The Balaban J connectivity index is 1.76. The van der Waals surface area contributed by atoms with Gasteiger partial charge in [-0.2, -0.15) is 13.2 Å². The lowest BCUT2D eigenvalue weighted by Crippen LogP contribution is -2.51. The summed E-state index contributed by atoms with van der Waals surface area (Å²) in [6, 6.07) is 0.273. The lowest BCUT2D eigenvalue weighted by molar-refractivity contribution is -0.135. The van der Waals surface area contributed by atoms with Crippen LogP contribution in [-0.4, -0.2) is 57.0 Å². The van der Waals surface area contributed by atoms with Gasteiger partial charge in [-0.3, -0.25) is 14.4 Å². The molecule has 0 saturated carbocycles. The van der Waals surface area contributed by atoms with Crippen molar-refractivity contribution in [2.75, 3.05) is 0 Å². The Morgan fingerprint density at radius 1 is 1.05 bits per heavy atom. The number of halogens is 5. The molecule has 0 aliphatic heterocycles. The van der Waals surface area contributed by atoms with Crippen molar-refractivity contribution in [1.29, 1.82) is 0 Å². The number of carbonyl (C=O) groups excluding carboxylic acids is 3. The molecule has 0 fully saturated rings. The van der Waals surface area contributed by atoms with Crippen LogP contribution in [-0.2, 0) is 4.79 Å². The molecule has 3 atom stereocenters. The lowest BCUT2D eigenvalue weighted by atomic mass is 10.0. The van der Waals surface area contributed by atoms with E-state index in [-0.39, 0.29) is 39.7 Å². The number of ketones is 1. The third-order valence-electron chi connectivity index (χ3n) is 5.62. The summed E-state index contributed by atoms with van der Waals surface area (Å²) >= 11 is 1.76. The molecule has 3 aromatic rings. The topological polar surface area (TPSA) is 121 Å². The maximum atomic E-state index is 14.1. The molecule has 0 radical (unpaired) electrons. The van der Waals surface area contributed by atoms with Gasteiger partial charge in [0.2, 0.25) is 11.7 Å². The van der Waals surface area contributed by atoms with Gasteiger partial charge >= 0.3 is 6.18 Å². The Hall–Kier alpha value is -3.30. The van der Waals surface area contributed by atoms with Crippen molar-refractivity contribution >= 4 is 40.3 Å². The molecular weight excluding hydrogens is 579 g/mol. The number of Topliss-reactive ketones (excluding diaryl/α,β-unsaturated/α-hetero) is 1. The molecule has 8 nitrogen and oxygen atoms in total. The number of rotatable bonds is 13. The number of nitrogens with one attached hydrogen (secondary N) is 2. The molecule has 1 aromatic carbocycles. The lowest BCUT2D eigenvalue weighted by Gasteiger charge is -2.23.